The lowest BCUT2D eigenvalue weighted by molar-refractivity contribution is 0.112. The van der Waals surface area contributed by atoms with Gasteiger partial charge in [-0.15, -0.1) is 0 Å². The van der Waals surface area contributed by atoms with Gasteiger partial charge >= 0.3 is 12.2 Å². The fourth-order valence-electron chi connectivity index (χ4n) is 1.16. The molecule has 0 aliphatic carbocycles. The maximum atomic E-state index is 11.5. The highest BCUT2D eigenvalue weighted by Crippen LogP contribution is 2.23. The van der Waals surface area contributed by atoms with Crippen molar-refractivity contribution in [3.63, 3.8) is 0 Å². The van der Waals surface area contributed by atoms with Crippen molar-refractivity contribution in [1.29, 1.82) is 0 Å². The van der Waals surface area contributed by atoms with Crippen molar-refractivity contribution in [3.05, 3.63) is 23.8 Å². The Bertz CT molecular complexity index is 485. The molecule has 0 saturated heterocycles. The number of aldehydes is 1. The molecule has 108 valence electrons. The van der Waals surface area contributed by atoms with Gasteiger partial charge in [0.15, 0.2) is 0 Å². The summed E-state index contributed by atoms with van der Waals surface area (Å²) in [6.45, 7) is 0. The van der Waals surface area contributed by atoms with E-state index >= 15 is 0 Å². The number of hydrogen-bond donors (Lipinski definition) is 0. The molecule has 0 aromatic heterocycles. The zero-order chi connectivity index (χ0) is 15.3. The molecule has 0 unspecified atom stereocenters. The fraction of sp³-hybridized carbons (Fsp3) is 0.308. The highest BCUT2D eigenvalue weighted by Gasteiger charge is 2.12. The second-order valence-electron chi connectivity index (χ2n) is 4.38. The Labute approximate surface area is 116 Å². The lowest BCUT2D eigenvalue weighted by Gasteiger charge is -2.13. The van der Waals surface area contributed by atoms with E-state index in [1.54, 1.807) is 0 Å². The van der Waals surface area contributed by atoms with Gasteiger partial charge in [-0.25, -0.2) is 9.59 Å². The first kappa shape index (κ1) is 15.5. The molecule has 0 aliphatic heterocycles. The molecule has 0 atom stereocenters. The number of carbonyl (C=O) groups excluding carboxylic acids is 3. The predicted octanol–water partition coefficient (Wildman–Crippen LogP) is 1.62. The Balaban J connectivity index is 2.99. The first-order valence-corrected chi connectivity index (χ1v) is 5.72. The number of benzene rings is 1. The molecule has 0 heterocycles. The van der Waals surface area contributed by atoms with Gasteiger partial charge in [-0.2, -0.15) is 0 Å². The molecule has 0 bridgehead atoms. The van der Waals surface area contributed by atoms with Gasteiger partial charge in [0.25, 0.3) is 0 Å². The zero-order valence-corrected chi connectivity index (χ0v) is 11.7. The Morgan fingerprint density at radius 3 is 1.60 bits per heavy atom. The van der Waals surface area contributed by atoms with Crippen LogP contribution in [0.15, 0.2) is 18.2 Å². The van der Waals surface area contributed by atoms with Crippen molar-refractivity contribution >= 4 is 18.5 Å². The molecule has 0 saturated carbocycles. The smallest absolute Gasteiger partial charge is 0.410 e. The predicted molar refractivity (Wildman–Crippen MR) is 71.3 cm³/mol. The second kappa shape index (κ2) is 6.55. The molecular weight excluding hydrogens is 264 g/mol. The van der Waals surface area contributed by atoms with E-state index in [1.165, 1.54) is 56.2 Å². The first-order valence-electron chi connectivity index (χ1n) is 5.72. The van der Waals surface area contributed by atoms with Crippen LogP contribution in [-0.4, -0.2) is 56.5 Å². The third-order valence-electron chi connectivity index (χ3n) is 2.18. The van der Waals surface area contributed by atoms with Crippen LogP contribution in [0.25, 0.3) is 0 Å². The van der Waals surface area contributed by atoms with E-state index < -0.39 is 12.2 Å². The minimum atomic E-state index is -0.599. The Hall–Kier alpha value is -2.57. The van der Waals surface area contributed by atoms with E-state index in [0.717, 1.165) is 0 Å². The molecule has 0 fully saturated rings. The van der Waals surface area contributed by atoms with Crippen molar-refractivity contribution in [2.45, 2.75) is 0 Å². The maximum absolute atomic E-state index is 11.5. The minimum absolute atomic E-state index is 0.120. The minimum Gasteiger partial charge on any atom is -0.410 e. The quantitative estimate of drug-likeness (QED) is 0.786. The monoisotopic (exact) mass is 280 g/mol. The number of hydrogen-bond acceptors (Lipinski definition) is 5. The molecule has 20 heavy (non-hydrogen) atoms. The third-order valence-corrected chi connectivity index (χ3v) is 2.18. The molecule has 0 spiro atoms. The second-order valence-corrected chi connectivity index (χ2v) is 4.38. The Morgan fingerprint density at radius 1 is 0.900 bits per heavy atom. The van der Waals surface area contributed by atoms with E-state index in [0.29, 0.717) is 6.29 Å². The summed E-state index contributed by atoms with van der Waals surface area (Å²) in [4.78, 5) is 36.2. The average molecular weight is 280 g/mol. The van der Waals surface area contributed by atoms with Crippen molar-refractivity contribution < 1.29 is 23.9 Å². The van der Waals surface area contributed by atoms with Gasteiger partial charge in [-0.3, -0.25) is 4.79 Å². The van der Waals surface area contributed by atoms with Crippen LogP contribution in [0.4, 0.5) is 9.59 Å². The molecule has 1 aromatic rings. The summed E-state index contributed by atoms with van der Waals surface area (Å²) in [5.74, 6) is 0.240. The van der Waals surface area contributed by atoms with Gasteiger partial charge in [-0.05, 0) is 12.1 Å². The SMILES string of the molecule is CN(C)C(=O)Oc1cc(C=O)cc(OC(=O)N(C)C)c1. The van der Waals surface area contributed by atoms with E-state index in [1.807, 2.05) is 0 Å². The summed E-state index contributed by atoms with van der Waals surface area (Å²) in [7, 11) is 6.11. The molecule has 2 amide bonds. The molecular formula is C13H16N2O5. The van der Waals surface area contributed by atoms with Crippen LogP contribution >= 0.6 is 0 Å². The summed E-state index contributed by atoms with van der Waals surface area (Å²) < 4.78 is 10.0. The number of carbonyl (C=O) groups is 3. The normalized spacial score (nSPS) is 9.60. The van der Waals surface area contributed by atoms with E-state index in [9.17, 15) is 14.4 Å². The van der Waals surface area contributed by atoms with Gasteiger partial charge in [0.1, 0.15) is 17.8 Å². The van der Waals surface area contributed by atoms with E-state index in [2.05, 4.69) is 0 Å². The summed E-state index contributed by atoms with van der Waals surface area (Å²) >= 11 is 0. The van der Waals surface area contributed by atoms with Crippen molar-refractivity contribution in [3.8, 4) is 11.5 Å². The van der Waals surface area contributed by atoms with Crippen LogP contribution in [0.3, 0.4) is 0 Å². The lowest BCUT2D eigenvalue weighted by atomic mass is 10.2. The Kier molecular flexibility index (Phi) is 5.08. The van der Waals surface area contributed by atoms with Crippen molar-refractivity contribution in [2.75, 3.05) is 28.2 Å². The largest absolute Gasteiger partial charge is 0.414 e. The highest BCUT2D eigenvalue weighted by molar-refractivity contribution is 5.79. The van der Waals surface area contributed by atoms with Crippen LogP contribution in [-0.2, 0) is 0 Å². The fourth-order valence-corrected chi connectivity index (χ4v) is 1.16. The first-order chi connectivity index (χ1) is 9.33. The van der Waals surface area contributed by atoms with Gasteiger partial charge < -0.3 is 19.3 Å². The molecule has 7 heteroatoms. The van der Waals surface area contributed by atoms with Gasteiger partial charge in [0.2, 0.25) is 0 Å². The summed E-state index contributed by atoms with van der Waals surface area (Å²) in [6, 6.07) is 4.11. The average Bonchev–Trinajstić information content (AvgIpc) is 2.37. The molecule has 0 aliphatic rings. The molecule has 7 nitrogen and oxygen atoms in total. The van der Waals surface area contributed by atoms with E-state index in [4.69, 9.17) is 9.47 Å². The maximum Gasteiger partial charge on any atom is 0.414 e. The summed E-state index contributed by atoms with van der Waals surface area (Å²) in [5, 5.41) is 0. The van der Waals surface area contributed by atoms with Crippen LogP contribution in [0, 0.1) is 0 Å². The number of ether oxygens (including phenoxy) is 2. The Morgan fingerprint density at radius 2 is 1.30 bits per heavy atom. The molecule has 1 aromatic carbocycles. The number of rotatable bonds is 3. The van der Waals surface area contributed by atoms with Crippen molar-refractivity contribution in [1.82, 2.24) is 9.80 Å². The van der Waals surface area contributed by atoms with Gasteiger partial charge in [0.05, 0.1) is 0 Å². The van der Waals surface area contributed by atoms with Crippen LogP contribution < -0.4 is 9.47 Å². The lowest BCUT2D eigenvalue weighted by Crippen LogP contribution is -2.26. The summed E-state index contributed by atoms with van der Waals surface area (Å²) in [6.07, 6.45) is -0.629. The molecule has 0 radical (unpaired) electrons. The van der Waals surface area contributed by atoms with Gasteiger partial charge in [-0.1, -0.05) is 0 Å². The molecule has 0 N–H and O–H groups in total. The zero-order valence-electron chi connectivity index (χ0n) is 11.7. The number of nitrogens with zero attached hydrogens (tertiary/aromatic N) is 2. The highest BCUT2D eigenvalue weighted by atomic mass is 16.6. The van der Waals surface area contributed by atoms with Crippen LogP contribution in [0.2, 0.25) is 0 Å². The van der Waals surface area contributed by atoms with Crippen LogP contribution in [0.1, 0.15) is 10.4 Å². The molecule has 1 rings (SSSR count). The van der Waals surface area contributed by atoms with Gasteiger partial charge in [0, 0.05) is 39.8 Å². The van der Waals surface area contributed by atoms with Crippen molar-refractivity contribution in [2.24, 2.45) is 0 Å². The topological polar surface area (TPSA) is 76.1 Å². The third kappa shape index (κ3) is 4.27. The van der Waals surface area contributed by atoms with E-state index in [-0.39, 0.29) is 17.1 Å². The summed E-state index contributed by atoms with van der Waals surface area (Å²) in [5.41, 5.74) is 0.232. The number of amides is 2. The van der Waals surface area contributed by atoms with Crippen LogP contribution in [0.5, 0.6) is 11.5 Å². The standard InChI is InChI=1S/C13H16N2O5/c1-14(2)12(17)19-10-5-9(8-16)6-11(7-10)20-13(18)15(3)4/h5-8H,1-4H3.